The Balaban J connectivity index is 1.65. The summed E-state index contributed by atoms with van der Waals surface area (Å²) in [4.78, 5) is 23.5. The SMILES string of the molecule is C[C@H](Cn1cnc2c(N)ncnc21)OCP(=O)(N[C@@H](C)C(=O)O)ON=C1CCCC1. The van der Waals surface area contributed by atoms with Gasteiger partial charge in [0.15, 0.2) is 11.5 Å². The molecule has 30 heavy (non-hydrogen) atoms. The minimum absolute atomic E-state index is 0.281. The predicted octanol–water partition coefficient (Wildman–Crippen LogP) is 1.97. The Morgan fingerprint density at radius 2 is 2.10 bits per heavy atom. The van der Waals surface area contributed by atoms with Gasteiger partial charge in [-0.3, -0.25) is 9.36 Å². The van der Waals surface area contributed by atoms with E-state index in [1.807, 2.05) is 0 Å². The second-order valence-electron chi connectivity index (χ2n) is 7.24. The second-order valence-corrected chi connectivity index (χ2v) is 9.27. The van der Waals surface area contributed by atoms with Crippen LogP contribution in [0.2, 0.25) is 0 Å². The van der Waals surface area contributed by atoms with Gasteiger partial charge in [0.1, 0.15) is 24.2 Å². The van der Waals surface area contributed by atoms with Crippen LogP contribution in [0.4, 0.5) is 5.82 Å². The zero-order chi connectivity index (χ0) is 21.7. The van der Waals surface area contributed by atoms with Crippen LogP contribution in [0.1, 0.15) is 39.5 Å². The summed E-state index contributed by atoms with van der Waals surface area (Å²) in [6.45, 7) is 3.52. The van der Waals surface area contributed by atoms with Crippen molar-refractivity contribution in [3.63, 3.8) is 0 Å². The van der Waals surface area contributed by atoms with Crippen molar-refractivity contribution in [3.8, 4) is 0 Å². The molecule has 0 amide bonds. The zero-order valence-electron chi connectivity index (χ0n) is 16.9. The Morgan fingerprint density at radius 1 is 1.37 bits per heavy atom. The number of carbonyl (C=O) groups is 1. The van der Waals surface area contributed by atoms with Gasteiger partial charge in [-0.2, -0.15) is 0 Å². The van der Waals surface area contributed by atoms with E-state index in [9.17, 15) is 9.36 Å². The Kier molecular flexibility index (Phi) is 7.01. The standard InChI is InChI=1S/C17H26N7O5P/c1-11(7-24-9-21-14-15(18)19-8-20-16(14)24)28-10-30(27,23-12(2)17(25)26)29-22-13-5-3-4-6-13/h8-9,11-12H,3-7,10H2,1-2H3,(H,23,27)(H,25,26)(H2,18,19,20)/t11-,12+,30?/m1/s1. The monoisotopic (exact) mass is 439 g/mol. The molecule has 2 aromatic heterocycles. The molecule has 0 saturated heterocycles. The van der Waals surface area contributed by atoms with Gasteiger partial charge < -0.3 is 24.8 Å². The summed E-state index contributed by atoms with van der Waals surface area (Å²) in [5.74, 6) is -0.870. The first kappa shape index (κ1) is 22.1. The first-order valence-electron chi connectivity index (χ1n) is 9.64. The number of imidazole rings is 1. The van der Waals surface area contributed by atoms with Crippen molar-refractivity contribution in [2.45, 2.75) is 58.2 Å². The summed E-state index contributed by atoms with van der Waals surface area (Å²) < 4.78 is 25.9. The third-order valence-electron chi connectivity index (χ3n) is 4.66. The number of rotatable bonds is 10. The van der Waals surface area contributed by atoms with Crippen molar-refractivity contribution in [2.75, 3.05) is 12.1 Å². The fourth-order valence-electron chi connectivity index (χ4n) is 3.02. The summed E-state index contributed by atoms with van der Waals surface area (Å²) in [6.07, 6.45) is 5.75. The van der Waals surface area contributed by atoms with E-state index < -0.39 is 25.6 Å². The molecule has 1 aliphatic rings. The molecular formula is C17H26N7O5P. The van der Waals surface area contributed by atoms with Crippen molar-refractivity contribution in [1.29, 1.82) is 0 Å². The van der Waals surface area contributed by atoms with Crippen molar-refractivity contribution in [1.82, 2.24) is 24.6 Å². The van der Waals surface area contributed by atoms with Crippen LogP contribution in [0.25, 0.3) is 11.2 Å². The van der Waals surface area contributed by atoms with Gasteiger partial charge in [-0.15, -0.1) is 0 Å². The number of hydrogen-bond acceptors (Lipinski definition) is 9. The lowest BCUT2D eigenvalue weighted by atomic mass is 10.3. The van der Waals surface area contributed by atoms with Crippen LogP contribution >= 0.6 is 7.52 Å². The normalized spacial score (nSPS) is 18.1. The highest BCUT2D eigenvalue weighted by atomic mass is 31.2. The lowest BCUT2D eigenvalue weighted by molar-refractivity contribution is -0.138. The highest BCUT2D eigenvalue weighted by Gasteiger charge is 2.31. The largest absolute Gasteiger partial charge is 0.480 e. The van der Waals surface area contributed by atoms with Crippen LogP contribution in [0.5, 0.6) is 0 Å². The highest BCUT2D eigenvalue weighted by Crippen LogP contribution is 2.44. The van der Waals surface area contributed by atoms with E-state index in [-0.39, 0.29) is 12.2 Å². The van der Waals surface area contributed by atoms with Crippen molar-refractivity contribution in [3.05, 3.63) is 12.7 Å². The van der Waals surface area contributed by atoms with Crippen molar-refractivity contribution < 1.29 is 23.8 Å². The quantitative estimate of drug-likeness (QED) is 0.368. The van der Waals surface area contributed by atoms with Crippen LogP contribution in [-0.2, 0) is 25.3 Å². The molecule has 4 N–H and O–H groups in total. The first-order chi connectivity index (χ1) is 14.3. The molecule has 1 fully saturated rings. The van der Waals surface area contributed by atoms with Gasteiger partial charge in [-0.25, -0.2) is 20.0 Å². The fourth-order valence-corrected chi connectivity index (χ4v) is 4.59. The number of ether oxygens (including phenoxy) is 1. The minimum Gasteiger partial charge on any atom is -0.480 e. The molecule has 12 nitrogen and oxygen atoms in total. The Bertz CT molecular complexity index is 971. The number of nitrogens with two attached hydrogens (primary N) is 1. The highest BCUT2D eigenvalue weighted by molar-refractivity contribution is 7.56. The Labute approximate surface area is 173 Å². The zero-order valence-corrected chi connectivity index (χ0v) is 17.8. The molecule has 1 unspecified atom stereocenters. The number of oxime groups is 1. The molecule has 1 aliphatic carbocycles. The number of hydrogen-bond donors (Lipinski definition) is 3. The average molecular weight is 439 g/mol. The minimum atomic E-state index is -3.69. The number of nitrogens with zero attached hydrogens (tertiary/aromatic N) is 5. The van der Waals surface area contributed by atoms with Crippen LogP contribution in [0.15, 0.2) is 17.8 Å². The molecule has 13 heteroatoms. The second kappa shape index (κ2) is 9.50. The maximum absolute atomic E-state index is 13.2. The van der Waals surface area contributed by atoms with E-state index in [2.05, 4.69) is 25.2 Å². The lowest BCUT2D eigenvalue weighted by Gasteiger charge is -2.22. The number of anilines is 1. The first-order valence-corrected chi connectivity index (χ1v) is 11.5. The van der Waals surface area contributed by atoms with E-state index in [0.717, 1.165) is 31.4 Å². The van der Waals surface area contributed by atoms with Gasteiger partial charge in [-0.1, -0.05) is 5.16 Å². The molecule has 0 radical (unpaired) electrons. The molecule has 2 aromatic rings. The van der Waals surface area contributed by atoms with Crippen LogP contribution in [0, 0.1) is 0 Å². The number of carboxylic acids is 1. The molecule has 2 heterocycles. The number of fused-ring (bicyclic) bond motifs is 1. The van der Waals surface area contributed by atoms with Gasteiger partial charge in [-0.05, 0) is 39.5 Å². The van der Waals surface area contributed by atoms with Gasteiger partial charge in [0.05, 0.1) is 24.7 Å². The molecule has 0 spiro atoms. The fraction of sp³-hybridized carbons (Fsp3) is 0.588. The third-order valence-corrected chi connectivity index (χ3v) is 6.27. The number of aliphatic carboxylic acids is 1. The van der Waals surface area contributed by atoms with Crippen LogP contribution < -0.4 is 10.8 Å². The molecule has 0 aliphatic heterocycles. The lowest BCUT2D eigenvalue weighted by Crippen LogP contribution is -2.33. The van der Waals surface area contributed by atoms with Gasteiger partial charge in [0.2, 0.25) is 0 Å². The van der Waals surface area contributed by atoms with Gasteiger partial charge in [0.25, 0.3) is 0 Å². The van der Waals surface area contributed by atoms with Gasteiger partial charge >= 0.3 is 13.5 Å². The maximum atomic E-state index is 13.2. The van der Waals surface area contributed by atoms with Crippen LogP contribution in [0.3, 0.4) is 0 Å². The molecule has 0 aromatic carbocycles. The number of carboxylic acid groups (broad SMARTS) is 1. The van der Waals surface area contributed by atoms with E-state index >= 15 is 0 Å². The molecule has 3 rings (SSSR count). The van der Waals surface area contributed by atoms with Crippen molar-refractivity contribution >= 4 is 36.2 Å². The van der Waals surface area contributed by atoms with Crippen LogP contribution in [-0.4, -0.2) is 54.8 Å². The summed E-state index contributed by atoms with van der Waals surface area (Å²) in [7, 11) is -3.69. The van der Waals surface area contributed by atoms with E-state index in [0.29, 0.717) is 17.7 Å². The van der Waals surface area contributed by atoms with E-state index in [1.54, 1.807) is 17.8 Å². The summed E-state index contributed by atoms with van der Waals surface area (Å²) in [6, 6.07) is -1.09. The number of nitrogens with one attached hydrogen (secondary N) is 1. The maximum Gasteiger partial charge on any atom is 0.364 e. The molecular weight excluding hydrogens is 413 g/mol. The van der Waals surface area contributed by atoms with E-state index in [1.165, 1.54) is 13.3 Å². The molecule has 1 saturated carbocycles. The summed E-state index contributed by atoms with van der Waals surface area (Å²) in [5.41, 5.74) is 7.65. The smallest absolute Gasteiger partial charge is 0.364 e. The number of nitrogen functional groups attached to an aromatic ring is 1. The Morgan fingerprint density at radius 3 is 2.80 bits per heavy atom. The van der Waals surface area contributed by atoms with Gasteiger partial charge in [0, 0.05) is 0 Å². The molecule has 164 valence electrons. The summed E-state index contributed by atoms with van der Waals surface area (Å²) in [5, 5.41) is 15.6. The Hall–Kier alpha value is -2.56. The molecule has 3 atom stereocenters. The average Bonchev–Trinajstić information content (AvgIpc) is 3.36. The third kappa shape index (κ3) is 5.53. The predicted molar refractivity (Wildman–Crippen MR) is 110 cm³/mol. The number of aromatic nitrogens is 4. The van der Waals surface area contributed by atoms with E-state index in [4.69, 9.17) is 20.2 Å². The topological polar surface area (TPSA) is 167 Å². The van der Waals surface area contributed by atoms with Crippen molar-refractivity contribution in [2.24, 2.45) is 5.16 Å². The molecule has 0 bridgehead atoms. The summed E-state index contributed by atoms with van der Waals surface area (Å²) >= 11 is 0.